The maximum Gasteiger partial charge on any atom is 0.241 e. The molecule has 0 saturated heterocycles. The summed E-state index contributed by atoms with van der Waals surface area (Å²) in [6.07, 6.45) is 3.54. The van der Waals surface area contributed by atoms with Crippen molar-refractivity contribution in [3.05, 3.63) is 47.7 Å². The summed E-state index contributed by atoms with van der Waals surface area (Å²) in [6, 6.07) is 7.78. The Morgan fingerprint density at radius 2 is 2.13 bits per heavy atom. The van der Waals surface area contributed by atoms with Crippen LogP contribution in [0.15, 0.2) is 30.5 Å². The average Bonchev–Trinajstić information content (AvgIpc) is 3.07. The van der Waals surface area contributed by atoms with Gasteiger partial charge in [-0.05, 0) is 38.5 Å². The van der Waals surface area contributed by atoms with E-state index in [0.717, 1.165) is 35.7 Å². The van der Waals surface area contributed by atoms with Gasteiger partial charge in [-0.15, -0.1) is 10.2 Å². The van der Waals surface area contributed by atoms with Crippen LogP contribution in [0, 0.1) is 13.8 Å². The molecular formula is C16H20N6O. The highest BCUT2D eigenvalue weighted by Crippen LogP contribution is 2.05. The standard InChI is InChI=1S/C16H20N6O/c1-12-10-13(2)22(20-12)11-16(23)17-8-5-7-15-19-18-14-6-3-4-9-21(14)15/h3-4,6,9-10H,5,7-8,11H2,1-2H3,(H,17,23). The van der Waals surface area contributed by atoms with Crippen LogP contribution in [0.5, 0.6) is 0 Å². The zero-order valence-electron chi connectivity index (χ0n) is 13.4. The molecule has 0 aliphatic heterocycles. The first-order chi connectivity index (χ1) is 11.1. The number of hydrogen-bond acceptors (Lipinski definition) is 4. The van der Waals surface area contributed by atoms with Crippen LogP contribution in [0.4, 0.5) is 0 Å². The Morgan fingerprint density at radius 1 is 1.26 bits per heavy atom. The van der Waals surface area contributed by atoms with Crippen molar-refractivity contribution in [1.29, 1.82) is 0 Å². The van der Waals surface area contributed by atoms with Gasteiger partial charge >= 0.3 is 0 Å². The summed E-state index contributed by atoms with van der Waals surface area (Å²) >= 11 is 0. The second-order valence-electron chi connectivity index (χ2n) is 5.58. The van der Waals surface area contributed by atoms with E-state index < -0.39 is 0 Å². The predicted molar refractivity (Wildman–Crippen MR) is 86.0 cm³/mol. The first-order valence-electron chi connectivity index (χ1n) is 7.70. The number of carbonyl (C=O) groups is 1. The second-order valence-corrected chi connectivity index (χ2v) is 5.58. The van der Waals surface area contributed by atoms with Gasteiger partial charge in [-0.25, -0.2) is 0 Å². The monoisotopic (exact) mass is 312 g/mol. The largest absolute Gasteiger partial charge is 0.354 e. The molecule has 3 aromatic heterocycles. The molecule has 0 spiro atoms. The van der Waals surface area contributed by atoms with E-state index in [1.165, 1.54) is 0 Å². The van der Waals surface area contributed by atoms with Crippen LogP contribution in [0.1, 0.15) is 23.6 Å². The Bertz CT molecular complexity index is 819. The third-order valence-electron chi connectivity index (χ3n) is 3.68. The Morgan fingerprint density at radius 3 is 2.91 bits per heavy atom. The molecule has 7 nitrogen and oxygen atoms in total. The van der Waals surface area contributed by atoms with Crippen LogP contribution >= 0.6 is 0 Å². The third kappa shape index (κ3) is 3.56. The quantitative estimate of drug-likeness (QED) is 0.696. The number of pyridine rings is 1. The molecule has 120 valence electrons. The molecule has 7 heteroatoms. The Hall–Kier alpha value is -2.70. The molecule has 0 aliphatic carbocycles. The summed E-state index contributed by atoms with van der Waals surface area (Å²) in [5, 5.41) is 15.5. The summed E-state index contributed by atoms with van der Waals surface area (Å²) in [5.41, 5.74) is 2.76. The fourth-order valence-electron chi connectivity index (χ4n) is 2.56. The van der Waals surface area contributed by atoms with Crippen LogP contribution in [-0.4, -0.2) is 36.8 Å². The van der Waals surface area contributed by atoms with Crippen LogP contribution in [0.3, 0.4) is 0 Å². The zero-order chi connectivity index (χ0) is 16.2. The number of rotatable bonds is 6. The van der Waals surface area contributed by atoms with Crippen molar-refractivity contribution in [1.82, 2.24) is 29.7 Å². The number of aromatic nitrogens is 5. The molecule has 0 saturated carbocycles. The molecule has 0 aromatic carbocycles. The topological polar surface area (TPSA) is 77.1 Å². The van der Waals surface area contributed by atoms with Crippen LogP contribution < -0.4 is 5.32 Å². The number of nitrogens with one attached hydrogen (secondary N) is 1. The lowest BCUT2D eigenvalue weighted by atomic mass is 10.3. The van der Waals surface area contributed by atoms with Gasteiger partial charge in [-0.1, -0.05) is 6.07 Å². The van der Waals surface area contributed by atoms with E-state index in [1.807, 2.05) is 48.7 Å². The van der Waals surface area contributed by atoms with Gasteiger partial charge in [0.15, 0.2) is 5.65 Å². The smallest absolute Gasteiger partial charge is 0.241 e. The van der Waals surface area contributed by atoms with Gasteiger partial charge in [-0.3, -0.25) is 13.9 Å². The number of carbonyl (C=O) groups excluding carboxylic acids is 1. The third-order valence-corrected chi connectivity index (χ3v) is 3.68. The maximum absolute atomic E-state index is 11.9. The van der Waals surface area contributed by atoms with Gasteiger partial charge in [0.2, 0.25) is 5.91 Å². The van der Waals surface area contributed by atoms with E-state index in [0.29, 0.717) is 6.54 Å². The maximum atomic E-state index is 11.9. The molecule has 0 radical (unpaired) electrons. The number of nitrogens with zero attached hydrogens (tertiary/aromatic N) is 5. The predicted octanol–water partition coefficient (Wildman–Crippen LogP) is 1.29. The molecule has 0 unspecified atom stereocenters. The van der Waals surface area contributed by atoms with Crippen molar-refractivity contribution in [3.8, 4) is 0 Å². The highest BCUT2D eigenvalue weighted by Gasteiger charge is 2.07. The highest BCUT2D eigenvalue weighted by molar-refractivity contribution is 5.75. The summed E-state index contributed by atoms with van der Waals surface area (Å²) in [7, 11) is 0. The molecule has 1 N–H and O–H groups in total. The van der Waals surface area contributed by atoms with Crippen LogP contribution in [0.25, 0.3) is 5.65 Å². The van der Waals surface area contributed by atoms with Gasteiger partial charge < -0.3 is 5.32 Å². The fraction of sp³-hybridized carbons (Fsp3) is 0.375. The van der Waals surface area contributed by atoms with E-state index in [9.17, 15) is 4.79 Å². The van der Waals surface area contributed by atoms with Crippen molar-refractivity contribution in [2.45, 2.75) is 33.2 Å². The molecule has 0 bridgehead atoms. The SMILES string of the molecule is Cc1cc(C)n(CC(=O)NCCCc2nnc3ccccn23)n1. The fourth-order valence-corrected chi connectivity index (χ4v) is 2.56. The van der Waals surface area contributed by atoms with Gasteiger partial charge in [0, 0.05) is 24.9 Å². The summed E-state index contributed by atoms with van der Waals surface area (Å²) < 4.78 is 3.69. The number of amides is 1. The number of hydrogen-bond donors (Lipinski definition) is 1. The summed E-state index contributed by atoms with van der Waals surface area (Å²) in [5.74, 6) is 0.885. The van der Waals surface area contributed by atoms with E-state index in [2.05, 4.69) is 20.6 Å². The van der Waals surface area contributed by atoms with E-state index in [1.54, 1.807) is 4.68 Å². The first-order valence-corrected chi connectivity index (χ1v) is 7.70. The lowest BCUT2D eigenvalue weighted by Crippen LogP contribution is -2.29. The van der Waals surface area contributed by atoms with Crippen molar-refractivity contribution in [2.24, 2.45) is 0 Å². The van der Waals surface area contributed by atoms with Crippen molar-refractivity contribution in [3.63, 3.8) is 0 Å². The molecule has 1 amide bonds. The molecule has 0 fully saturated rings. The second kappa shape index (κ2) is 6.60. The molecule has 3 heterocycles. The lowest BCUT2D eigenvalue weighted by Gasteiger charge is -2.06. The van der Waals surface area contributed by atoms with Gasteiger partial charge in [0.1, 0.15) is 12.4 Å². The lowest BCUT2D eigenvalue weighted by molar-refractivity contribution is -0.121. The molecule has 0 atom stereocenters. The summed E-state index contributed by atoms with van der Waals surface area (Å²) in [4.78, 5) is 11.9. The normalized spacial score (nSPS) is 11.0. The van der Waals surface area contributed by atoms with Gasteiger partial charge in [0.05, 0.1) is 5.69 Å². The van der Waals surface area contributed by atoms with E-state index >= 15 is 0 Å². The first kappa shape index (κ1) is 15.2. The molecular weight excluding hydrogens is 292 g/mol. The van der Waals surface area contributed by atoms with Crippen LogP contribution in [-0.2, 0) is 17.8 Å². The Balaban J connectivity index is 1.46. The van der Waals surface area contributed by atoms with Crippen molar-refractivity contribution in [2.75, 3.05) is 6.54 Å². The molecule has 3 aromatic rings. The van der Waals surface area contributed by atoms with Gasteiger partial charge in [-0.2, -0.15) is 5.10 Å². The van der Waals surface area contributed by atoms with Crippen molar-refractivity contribution >= 4 is 11.6 Å². The average molecular weight is 312 g/mol. The number of aryl methyl sites for hydroxylation is 3. The Kier molecular flexibility index (Phi) is 4.36. The van der Waals surface area contributed by atoms with Gasteiger partial charge in [0.25, 0.3) is 0 Å². The minimum absolute atomic E-state index is 0.0256. The van der Waals surface area contributed by atoms with Crippen molar-refractivity contribution < 1.29 is 4.79 Å². The van der Waals surface area contributed by atoms with E-state index in [4.69, 9.17) is 0 Å². The Labute approximate surface area is 134 Å². The van der Waals surface area contributed by atoms with Crippen LogP contribution in [0.2, 0.25) is 0 Å². The highest BCUT2D eigenvalue weighted by atomic mass is 16.2. The van der Waals surface area contributed by atoms with E-state index in [-0.39, 0.29) is 12.5 Å². The summed E-state index contributed by atoms with van der Waals surface area (Å²) in [6.45, 7) is 4.74. The zero-order valence-corrected chi connectivity index (χ0v) is 13.4. The molecule has 3 rings (SSSR count). The minimum atomic E-state index is -0.0256. The minimum Gasteiger partial charge on any atom is -0.354 e. The molecule has 23 heavy (non-hydrogen) atoms. The number of fused-ring (bicyclic) bond motifs is 1. The molecule has 0 aliphatic rings.